The number of hydrogen-bond donors (Lipinski definition) is 0. The molecule has 2 aromatic carbocycles. The van der Waals surface area contributed by atoms with E-state index in [0.717, 1.165) is 40.8 Å². The van der Waals surface area contributed by atoms with Gasteiger partial charge in [-0.1, -0.05) is 18.2 Å². The third-order valence-electron chi connectivity index (χ3n) is 5.80. The normalized spacial score (nSPS) is 13.2. The molecule has 0 atom stereocenters. The summed E-state index contributed by atoms with van der Waals surface area (Å²) in [5, 5.41) is 0.830. The lowest BCUT2D eigenvalue weighted by atomic mass is 10.0. The van der Waals surface area contributed by atoms with E-state index in [9.17, 15) is 4.79 Å². The molecule has 2 aromatic heterocycles. The summed E-state index contributed by atoms with van der Waals surface area (Å²) < 4.78 is 16.5. The van der Waals surface area contributed by atoms with Gasteiger partial charge in [-0.2, -0.15) is 0 Å². The van der Waals surface area contributed by atoms with Crippen LogP contribution in [0.5, 0.6) is 11.5 Å². The molecule has 0 bridgehead atoms. The Bertz CT molecular complexity index is 1260. The van der Waals surface area contributed by atoms with Crippen LogP contribution in [0.25, 0.3) is 22.4 Å². The largest absolute Gasteiger partial charge is 0.497 e. The molecule has 5 rings (SSSR count). The van der Waals surface area contributed by atoms with Crippen molar-refractivity contribution in [1.29, 1.82) is 0 Å². The summed E-state index contributed by atoms with van der Waals surface area (Å²) in [6.45, 7) is 0.441. The summed E-state index contributed by atoms with van der Waals surface area (Å²) >= 11 is 0. The fourth-order valence-corrected chi connectivity index (χ4v) is 4.00. The molecule has 4 aromatic rings. The first-order valence-electron chi connectivity index (χ1n) is 10.6. The molecular weight excluding hydrogens is 404 g/mol. The predicted molar refractivity (Wildman–Crippen MR) is 122 cm³/mol. The van der Waals surface area contributed by atoms with Crippen molar-refractivity contribution in [3.8, 4) is 23.0 Å². The number of fused-ring (bicyclic) bond motifs is 1. The number of carbonyl (C=O) groups is 1. The van der Waals surface area contributed by atoms with Gasteiger partial charge in [-0.3, -0.25) is 4.79 Å². The fraction of sp³-hybridized carbons (Fsp3) is 0.231. The van der Waals surface area contributed by atoms with Crippen LogP contribution in [-0.4, -0.2) is 36.1 Å². The highest BCUT2D eigenvalue weighted by molar-refractivity contribution is 6.07. The SMILES string of the molecule is COc1ccc(OC)c(CN(C(=O)c2cc(-c3ccco3)nc3ccccc23)C2CC2)c1. The minimum Gasteiger partial charge on any atom is -0.497 e. The molecule has 0 aliphatic heterocycles. The lowest BCUT2D eigenvalue weighted by Gasteiger charge is -2.25. The van der Waals surface area contributed by atoms with Gasteiger partial charge in [0.1, 0.15) is 17.2 Å². The molecule has 1 amide bonds. The van der Waals surface area contributed by atoms with Gasteiger partial charge >= 0.3 is 0 Å². The number of carbonyl (C=O) groups excluding carboxylic acids is 1. The average Bonchev–Trinajstić information content (AvgIpc) is 3.53. The van der Waals surface area contributed by atoms with Crippen LogP contribution in [0.4, 0.5) is 0 Å². The number of furan rings is 1. The molecule has 0 N–H and O–H groups in total. The molecule has 0 spiro atoms. The molecule has 2 heterocycles. The number of pyridine rings is 1. The number of nitrogens with zero attached hydrogens (tertiary/aromatic N) is 2. The lowest BCUT2D eigenvalue weighted by molar-refractivity contribution is 0.0730. The molecule has 1 saturated carbocycles. The Balaban J connectivity index is 1.57. The number of hydrogen-bond acceptors (Lipinski definition) is 5. The Morgan fingerprint density at radius 3 is 2.62 bits per heavy atom. The van der Waals surface area contributed by atoms with E-state index in [2.05, 4.69) is 0 Å². The van der Waals surface area contributed by atoms with Crippen molar-refractivity contribution in [3.05, 3.63) is 78.1 Å². The molecule has 162 valence electrons. The van der Waals surface area contributed by atoms with Crippen LogP contribution in [0.2, 0.25) is 0 Å². The maximum Gasteiger partial charge on any atom is 0.255 e. The second kappa shape index (κ2) is 8.38. The number of rotatable bonds is 7. The second-order valence-electron chi connectivity index (χ2n) is 7.89. The van der Waals surface area contributed by atoms with Crippen molar-refractivity contribution in [2.75, 3.05) is 14.2 Å². The van der Waals surface area contributed by atoms with Crippen LogP contribution < -0.4 is 9.47 Å². The third kappa shape index (κ3) is 3.80. The van der Waals surface area contributed by atoms with Crippen LogP contribution >= 0.6 is 0 Å². The zero-order chi connectivity index (χ0) is 22.1. The molecule has 0 saturated heterocycles. The number of para-hydroxylation sites is 1. The van der Waals surface area contributed by atoms with Crippen molar-refractivity contribution >= 4 is 16.8 Å². The quantitative estimate of drug-likeness (QED) is 0.399. The van der Waals surface area contributed by atoms with Crippen molar-refractivity contribution < 1.29 is 18.7 Å². The molecule has 1 fully saturated rings. The van der Waals surface area contributed by atoms with E-state index >= 15 is 0 Å². The van der Waals surface area contributed by atoms with Crippen molar-refractivity contribution in [2.24, 2.45) is 0 Å². The first-order chi connectivity index (χ1) is 15.7. The van der Waals surface area contributed by atoms with E-state index in [1.165, 1.54) is 0 Å². The van der Waals surface area contributed by atoms with Crippen molar-refractivity contribution in [1.82, 2.24) is 9.88 Å². The van der Waals surface area contributed by atoms with Gasteiger partial charge in [0.25, 0.3) is 5.91 Å². The van der Waals surface area contributed by atoms with Crippen molar-refractivity contribution in [2.45, 2.75) is 25.4 Å². The first kappa shape index (κ1) is 20.1. The smallest absolute Gasteiger partial charge is 0.255 e. The highest BCUT2D eigenvalue weighted by Crippen LogP contribution is 2.35. The van der Waals surface area contributed by atoms with Gasteiger partial charge in [-0.05, 0) is 55.3 Å². The van der Waals surface area contributed by atoms with Gasteiger partial charge in [-0.25, -0.2) is 4.98 Å². The second-order valence-corrected chi connectivity index (χ2v) is 7.89. The van der Waals surface area contributed by atoms with Crippen LogP contribution in [0, 0.1) is 0 Å². The Morgan fingerprint density at radius 2 is 1.91 bits per heavy atom. The van der Waals surface area contributed by atoms with E-state index in [-0.39, 0.29) is 11.9 Å². The molecule has 0 unspecified atom stereocenters. The molecule has 6 nitrogen and oxygen atoms in total. The number of methoxy groups -OCH3 is 2. The highest BCUT2D eigenvalue weighted by Gasteiger charge is 2.34. The van der Waals surface area contributed by atoms with Crippen LogP contribution in [0.1, 0.15) is 28.8 Å². The molecular formula is C26H24N2O4. The third-order valence-corrected chi connectivity index (χ3v) is 5.80. The summed E-state index contributed by atoms with van der Waals surface area (Å²) in [5.74, 6) is 2.08. The summed E-state index contributed by atoms with van der Waals surface area (Å²) in [5.41, 5.74) is 2.94. The monoisotopic (exact) mass is 428 g/mol. The van der Waals surface area contributed by atoms with Gasteiger partial charge in [0.15, 0.2) is 5.76 Å². The Hall–Kier alpha value is -3.80. The van der Waals surface area contributed by atoms with Crippen LogP contribution in [-0.2, 0) is 6.54 Å². The standard InChI is InChI=1S/C26H24N2O4/c1-30-19-11-12-24(31-2)17(14-19)16-28(18-9-10-18)26(29)21-15-23(25-8-5-13-32-25)27-22-7-4-3-6-20(21)22/h3-8,11-15,18H,9-10,16H2,1-2H3. The number of ether oxygens (including phenoxy) is 2. The molecule has 1 aliphatic carbocycles. The predicted octanol–water partition coefficient (Wildman–Crippen LogP) is 5.32. The van der Waals surface area contributed by atoms with E-state index < -0.39 is 0 Å². The maximum absolute atomic E-state index is 13.9. The molecule has 32 heavy (non-hydrogen) atoms. The average molecular weight is 428 g/mol. The minimum absolute atomic E-state index is 0.0243. The molecule has 1 aliphatic rings. The summed E-state index contributed by atoms with van der Waals surface area (Å²) in [7, 11) is 3.27. The number of aromatic nitrogens is 1. The summed E-state index contributed by atoms with van der Waals surface area (Å²) in [6, 6.07) is 19.1. The van der Waals surface area contributed by atoms with Gasteiger partial charge in [0.2, 0.25) is 0 Å². The zero-order valence-electron chi connectivity index (χ0n) is 18.1. The first-order valence-corrected chi connectivity index (χ1v) is 10.6. The fourth-order valence-electron chi connectivity index (χ4n) is 4.00. The topological polar surface area (TPSA) is 64.8 Å². The summed E-state index contributed by atoms with van der Waals surface area (Å²) in [6.07, 6.45) is 3.59. The lowest BCUT2D eigenvalue weighted by Crippen LogP contribution is -2.33. The van der Waals surface area contributed by atoms with Gasteiger partial charge in [0, 0.05) is 17.0 Å². The van der Waals surface area contributed by atoms with Crippen LogP contribution in [0.15, 0.2) is 71.3 Å². The van der Waals surface area contributed by atoms with E-state index in [1.807, 2.05) is 65.6 Å². The maximum atomic E-state index is 13.9. The Kier molecular flexibility index (Phi) is 5.27. The van der Waals surface area contributed by atoms with Gasteiger partial charge in [-0.15, -0.1) is 0 Å². The minimum atomic E-state index is -0.0243. The van der Waals surface area contributed by atoms with E-state index in [1.54, 1.807) is 20.5 Å². The molecule has 6 heteroatoms. The Labute approximate surface area is 186 Å². The number of benzene rings is 2. The van der Waals surface area contributed by atoms with Crippen molar-refractivity contribution in [3.63, 3.8) is 0 Å². The van der Waals surface area contributed by atoms with E-state index in [0.29, 0.717) is 23.6 Å². The number of amides is 1. The molecule has 0 radical (unpaired) electrons. The van der Waals surface area contributed by atoms with Gasteiger partial charge in [0.05, 0.1) is 38.1 Å². The van der Waals surface area contributed by atoms with Crippen LogP contribution in [0.3, 0.4) is 0 Å². The Morgan fingerprint density at radius 1 is 1.06 bits per heavy atom. The van der Waals surface area contributed by atoms with E-state index in [4.69, 9.17) is 18.9 Å². The van der Waals surface area contributed by atoms with Gasteiger partial charge < -0.3 is 18.8 Å². The zero-order valence-corrected chi connectivity index (χ0v) is 18.1. The highest BCUT2D eigenvalue weighted by atomic mass is 16.5. The summed E-state index contributed by atoms with van der Waals surface area (Å²) in [4.78, 5) is 20.6.